The van der Waals surface area contributed by atoms with Crippen molar-refractivity contribution in [3.63, 3.8) is 0 Å². The van der Waals surface area contributed by atoms with Crippen LogP contribution in [0.25, 0.3) is 0 Å². The van der Waals surface area contributed by atoms with E-state index in [1.165, 1.54) is 23.9 Å². The van der Waals surface area contributed by atoms with Crippen molar-refractivity contribution in [2.45, 2.75) is 44.0 Å². The molecule has 0 spiro atoms. The molecule has 0 bridgehead atoms. The lowest BCUT2D eigenvalue weighted by molar-refractivity contribution is -0.121. The van der Waals surface area contributed by atoms with Gasteiger partial charge in [0.15, 0.2) is 0 Å². The summed E-state index contributed by atoms with van der Waals surface area (Å²) in [5.41, 5.74) is 1.01. The summed E-state index contributed by atoms with van der Waals surface area (Å²) in [7, 11) is 0. The molecule has 1 aliphatic heterocycles. The second kappa shape index (κ2) is 5.66. The van der Waals surface area contributed by atoms with Crippen molar-refractivity contribution in [1.82, 2.24) is 0 Å². The largest absolute Gasteiger partial charge is 0.391 e. The van der Waals surface area contributed by atoms with Crippen molar-refractivity contribution in [3.8, 4) is 0 Å². The molecule has 1 heterocycles. The Bertz CT molecular complexity index is 541. The standard InChI is InChI=1S/C15H18FNO2S/c1-9(11-4-6-12(16)7-5-11)8-13-17-14(19)15(3,20-13)10(2)18/h4-7,9-10,18H,8H2,1-3H3/t9-,10+,15+/m1/s1. The highest BCUT2D eigenvalue weighted by Crippen LogP contribution is 2.39. The number of carbonyl (C=O) groups excluding carboxylic acids is 1. The molecule has 0 unspecified atom stereocenters. The quantitative estimate of drug-likeness (QED) is 0.928. The summed E-state index contributed by atoms with van der Waals surface area (Å²) < 4.78 is 12.0. The molecule has 108 valence electrons. The molecule has 0 saturated carbocycles. The van der Waals surface area contributed by atoms with Gasteiger partial charge in [0.25, 0.3) is 5.91 Å². The first-order valence-electron chi connectivity index (χ1n) is 6.57. The van der Waals surface area contributed by atoms with Crippen LogP contribution >= 0.6 is 11.8 Å². The van der Waals surface area contributed by atoms with Crippen LogP contribution in [-0.2, 0) is 4.79 Å². The average molecular weight is 295 g/mol. The maximum absolute atomic E-state index is 12.9. The highest BCUT2D eigenvalue weighted by atomic mass is 32.2. The van der Waals surface area contributed by atoms with E-state index in [4.69, 9.17) is 0 Å². The van der Waals surface area contributed by atoms with Crippen LogP contribution in [0, 0.1) is 5.82 Å². The Labute approximate surface area is 122 Å². The zero-order valence-electron chi connectivity index (χ0n) is 11.8. The van der Waals surface area contributed by atoms with Crippen LogP contribution in [0.2, 0.25) is 0 Å². The molecule has 2 rings (SSSR count). The van der Waals surface area contributed by atoms with Gasteiger partial charge in [0.05, 0.1) is 11.1 Å². The monoisotopic (exact) mass is 295 g/mol. The molecule has 1 aromatic carbocycles. The van der Waals surface area contributed by atoms with Gasteiger partial charge < -0.3 is 5.11 Å². The third-order valence-electron chi connectivity index (χ3n) is 3.70. The fourth-order valence-corrected chi connectivity index (χ4v) is 3.31. The van der Waals surface area contributed by atoms with Crippen LogP contribution in [0.1, 0.15) is 38.7 Å². The second-order valence-electron chi connectivity index (χ2n) is 5.35. The molecule has 0 saturated heterocycles. The summed E-state index contributed by atoms with van der Waals surface area (Å²) >= 11 is 1.33. The molecule has 3 atom stereocenters. The Balaban J connectivity index is 2.06. The van der Waals surface area contributed by atoms with Gasteiger partial charge in [-0.25, -0.2) is 9.38 Å². The number of aliphatic hydroxyl groups is 1. The van der Waals surface area contributed by atoms with Gasteiger partial charge >= 0.3 is 0 Å². The summed E-state index contributed by atoms with van der Waals surface area (Å²) in [5, 5.41) is 10.5. The highest BCUT2D eigenvalue weighted by Gasteiger charge is 2.44. The van der Waals surface area contributed by atoms with Crippen LogP contribution in [0.15, 0.2) is 29.3 Å². The number of hydrogen-bond acceptors (Lipinski definition) is 3. The minimum atomic E-state index is -0.877. The molecule has 1 N–H and O–H groups in total. The van der Waals surface area contributed by atoms with Crippen LogP contribution < -0.4 is 0 Å². The zero-order valence-corrected chi connectivity index (χ0v) is 12.6. The Morgan fingerprint density at radius 3 is 2.45 bits per heavy atom. The number of thioether (sulfide) groups is 1. The van der Waals surface area contributed by atoms with Crippen molar-refractivity contribution >= 4 is 22.7 Å². The lowest BCUT2D eigenvalue weighted by Crippen LogP contribution is -2.38. The Morgan fingerprint density at radius 1 is 1.35 bits per heavy atom. The van der Waals surface area contributed by atoms with Gasteiger partial charge in [0, 0.05) is 6.42 Å². The smallest absolute Gasteiger partial charge is 0.265 e. The first kappa shape index (κ1) is 15.2. The molecule has 0 aromatic heterocycles. The van der Waals surface area contributed by atoms with E-state index in [2.05, 4.69) is 4.99 Å². The van der Waals surface area contributed by atoms with E-state index >= 15 is 0 Å². The van der Waals surface area contributed by atoms with Crippen LogP contribution in [0.3, 0.4) is 0 Å². The topological polar surface area (TPSA) is 49.7 Å². The zero-order chi connectivity index (χ0) is 14.9. The molecule has 3 nitrogen and oxygen atoms in total. The summed E-state index contributed by atoms with van der Waals surface area (Å²) in [6, 6.07) is 6.35. The van der Waals surface area contributed by atoms with E-state index in [0.717, 1.165) is 10.6 Å². The van der Waals surface area contributed by atoms with Crippen LogP contribution in [-0.4, -0.2) is 26.9 Å². The first-order chi connectivity index (χ1) is 9.33. The van der Waals surface area contributed by atoms with Gasteiger partial charge in [-0.15, -0.1) is 0 Å². The Hall–Kier alpha value is -1.20. The van der Waals surface area contributed by atoms with Crippen LogP contribution in [0.4, 0.5) is 4.39 Å². The fraction of sp³-hybridized carbons (Fsp3) is 0.467. The minimum Gasteiger partial charge on any atom is -0.391 e. The summed E-state index contributed by atoms with van der Waals surface area (Å²) in [4.78, 5) is 15.9. The van der Waals surface area contributed by atoms with Gasteiger partial charge in [0.2, 0.25) is 0 Å². The van der Waals surface area contributed by atoms with Gasteiger partial charge in [-0.1, -0.05) is 30.8 Å². The summed E-state index contributed by atoms with van der Waals surface area (Å²) in [6.07, 6.45) is -0.132. The number of hydrogen-bond donors (Lipinski definition) is 1. The first-order valence-corrected chi connectivity index (χ1v) is 7.39. The predicted octanol–water partition coefficient (Wildman–Crippen LogP) is 3.13. The van der Waals surface area contributed by atoms with Crippen molar-refractivity contribution in [2.75, 3.05) is 0 Å². The number of aliphatic imine (C=N–C) groups is 1. The number of amides is 1. The van der Waals surface area contributed by atoms with Gasteiger partial charge in [-0.05, 0) is 37.5 Å². The lowest BCUT2D eigenvalue weighted by Gasteiger charge is -2.23. The van der Waals surface area contributed by atoms with Crippen molar-refractivity contribution in [3.05, 3.63) is 35.6 Å². The molecule has 1 amide bonds. The molecule has 1 aromatic rings. The second-order valence-corrected chi connectivity index (χ2v) is 6.88. The maximum Gasteiger partial charge on any atom is 0.265 e. The maximum atomic E-state index is 12.9. The number of aliphatic hydroxyl groups excluding tert-OH is 1. The van der Waals surface area contributed by atoms with E-state index in [0.29, 0.717) is 6.42 Å². The molecular weight excluding hydrogens is 277 g/mol. The molecule has 0 aliphatic carbocycles. The number of benzene rings is 1. The number of carbonyl (C=O) groups is 1. The van der Waals surface area contributed by atoms with E-state index in [1.807, 2.05) is 6.92 Å². The van der Waals surface area contributed by atoms with E-state index < -0.39 is 10.9 Å². The molecule has 1 aliphatic rings. The predicted molar refractivity (Wildman–Crippen MR) is 79.6 cm³/mol. The van der Waals surface area contributed by atoms with Crippen molar-refractivity contribution in [2.24, 2.45) is 4.99 Å². The van der Waals surface area contributed by atoms with Crippen LogP contribution in [0.5, 0.6) is 0 Å². The molecular formula is C15H18FNO2S. The van der Waals surface area contributed by atoms with Crippen molar-refractivity contribution < 1.29 is 14.3 Å². The van der Waals surface area contributed by atoms with Gasteiger partial charge in [-0.3, -0.25) is 4.79 Å². The Kier molecular flexibility index (Phi) is 4.30. The lowest BCUT2D eigenvalue weighted by atomic mass is 9.98. The fourth-order valence-electron chi connectivity index (χ4n) is 2.06. The Morgan fingerprint density at radius 2 is 1.95 bits per heavy atom. The minimum absolute atomic E-state index is 0.144. The molecule has 20 heavy (non-hydrogen) atoms. The van der Waals surface area contributed by atoms with Gasteiger partial charge in [0.1, 0.15) is 10.6 Å². The summed E-state index contributed by atoms with van der Waals surface area (Å²) in [5.74, 6) is -0.393. The normalized spacial score (nSPS) is 25.4. The number of halogens is 1. The van der Waals surface area contributed by atoms with Crippen molar-refractivity contribution in [1.29, 1.82) is 0 Å². The molecule has 0 fully saturated rings. The van der Waals surface area contributed by atoms with Gasteiger partial charge in [-0.2, -0.15) is 0 Å². The third-order valence-corrected chi connectivity index (χ3v) is 5.13. The average Bonchev–Trinajstić information content (AvgIpc) is 2.66. The SMILES string of the molecule is C[C@H](CC1=NC(=O)[C@](C)([C@H](C)O)S1)c1ccc(F)cc1. The summed E-state index contributed by atoms with van der Waals surface area (Å²) in [6.45, 7) is 5.33. The molecule has 5 heteroatoms. The van der Waals surface area contributed by atoms with E-state index in [1.54, 1.807) is 26.0 Å². The number of rotatable bonds is 4. The van der Waals surface area contributed by atoms with E-state index in [-0.39, 0.29) is 17.6 Å². The van der Waals surface area contributed by atoms with E-state index in [9.17, 15) is 14.3 Å². The highest BCUT2D eigenvalue weighted by molar-refractivity contribution is 8.16. The molecule has 0 radical (unpaired) electrons. The number of nitrogens with zero attached hydrogens (tertiary/aromatic N) is 1. The third kappa shape index (κ3) is 2.94.